The molecule has 1 rings (SSSR count). The van der Waals surface area contributed by atoms with Crippen molar-refractivity contribution in [1.29, 1.82) is 0 Å². The molecule has 72 valence electrons. The SMILES string of the molecule is CC1=CC(=C(C)C)N(C(C)C)C=C1. The molecule has 0 saturated carbocycles. The summed E-state index contributed by atoms with van der Waals surface area (Å²) in [6, 6.07) is 0.533. The fraction of sp³-hybridized carbons (Fsp3) is 0.500. The molecule has 0 aromatic heterocycles. The van der Waals surface area contributed by atoms with E-state index < -0.39 is 0 Å². The highest BCUT2D eigenvalue weighted by atomic mass is 15.1. The van der Waals surface area contributed by atoms with E-state index in [1.54, 1.807) is 0 Å². The minimum atomic E-state index is 0.533. The molecule has 0 bridgehead atoms. The maximum absolute atomic E-state index is 2.31. The van der Waals surface area contributed by atoms with Crippen LogP contribution in [0.15, 0.2) is 35.2 Å². The third-order valence-electron chi connectivity index (χ3n) is 2.21. The molecule has 0 radical (unpaired) electrons. The van der Waals surface area contributed by atoms with Crippen LogP contribution in [-0.2, 0) is 0 Å². The van der Waals surface area contributed by atoms with Crippen molar-refractivity contribution < 1.29 is 0 Å². The fourth-order valence-electron chi connectivity index (χ4n) is 1.47. The maximum atomic E-state index is 2.31. The first kappa shape index (κ1) is 10.1. The molecule has 1 heteroatoms. The number of hydrogen-bond acceptors (Lipinski definition) is 1. The third-order valence-corrected chi connectivity index (χ3v) is 2.21. The van der Waals surface area contributed by atoms with Gasteiger partial charge in [-0.3, -0.25) is 0 Å². The molecule has 0 N–H and O–H groups in total. The van der Waals surface area contributed by atoms with E-state index in [-0.39, 0.29) is 0 Å². The van der Waals surface area contributed by atoms with Crippen molar-refractivity contribution >= 4 is 0 Å². The zero-order chi connectivity index (χ0) is 10.0. The van der Waals surface area contributed by atoms with E-state index in [4.69, 9.17) is 0 Å². The molecule has 0 unspecified atom stereocenters. The predicted octanol–water partition coefficient (Wildman–Crippen LogP) is 3.46. The molecule has 0 amide bonds. The van der Waals surface area contributed by atoms with Gasteiger partial charge in [-0.15, -0.1) is 0 Å². The maximum Gasteiger partial charge on any atom is 0.0397 e. The van der Waals surface area contributed by atoms with Gasteiger partial charge in [-0.1, -0.05) is 5.57 Å². The van der Waals surface area contributed by atoms with E-state index in [0.717, 1.165) is 0 Å². The highest BCUT2D eigenvalue weighted by Crippen LogP contribution is 2.22. The predicted molar refractivity (Wildman–Crippen MR) is 58.2 cm³/mol. The smallest absolute Gasteiger partial charge is 0.0397 e. The van der Waals surface area contributed by atoms with Crippen LogP contribution in [0, 0.1) is 0 Å². The molecule has 0 aliphatic carbocycles. The van der Waals surface area contributed by atoms with Gasteiger partial charge >= 0.3 is 0 Å². The van der Waals surface area contributed by atoms with Crippen molar-refractivity contribution in [3.8, 4) is 0 Å². The summed E-state index contributed by atoms with van der Waals surface area (Å²) in [6.45, 7) is 10.9. The minimum absolute atomic E-state index is 0.533. The van der Waals surface area contributed by atoms with Gasteiger partial charge in [0.1, 0.15) is 0 Å². The standard InChI is InChI=1S/C12H19N/c1-9(2)12-8-11(5)6-7-13(12)10(3)4/h6-8,10H,1-5H3. The van der Waals surface area contributed by atoms with E-state index in [2.05, 4.69) is 57.9 Å². The van der Waals surface area contributed by atoms with Gasteiger partial charge in [0.2, 0.25) is 0 Å². The van der Waals surface area contributed by atoms with Crippen LogP contribution < -0.4 is 0 Å². The Balaban J connectivity index is 3.03. The summed E-state index contributed by atoms with van der Waals surface area (Å²) in [5.41, 5.74) is 4.04. The number of nitrogens with zero attached hydrogens (tertiary/aromatic N) is 1. The van der Waals surface area contributed by atoms with Gasteiger partial charge in [0.05, 0.1) is 0 Å². The first-order valence-corrected chi connectivity index (χ1v) is 4.84. The molecular formula is C12H19N. The number of hydrogen-bond donors (Lipinski definition) is 0. The van der Waals surface area contributed by atoms with Crippen LogP contribution in [0.2, 0.25) is 0 Å². The Hall–Kier alpha value is -0.980. The van der Waals surface area contributed by atoms with Crippen LogP contribution in [0.3, 0.4) is 0 Å². The van der Waals surface area contributed by atoms with Gasteiger partial charge in [0.15, 0.2) is 0 Å². The Kier molecular flexibility index (Phi) is 2.97. The van der Waals surface area contributed by atoms with Crippen molar-refractivity contribution in [3.63, 3.8) is 0 Å². The van der Waals surface area contributed by atoms with E-state index in [1.165, 1.54) is 16.8 Å². The summed E-state index contributed by atoms with van der Waals surface area (Å²) >= 11 is 0. The lowest BCUT2D eigenvalue weighted by Gasteiger charge is -2.30. The highest BCUT2D eigenvalue weighted by Gasteiger charge is 2.12. The zero-order valence-electron chi connectivity index (χ0n) is 9.26. The average Bonchev–Trinajstić information content (AvgIpc) is 2.03. The molecule has 0 aromatic carbocycles. The molecule has 0 atom stereocenters. The largest absolute Gasteiger partial charge is 0.346 e. The van der Waals surface area contributed by atoms with Crippen LogP contribution >= 0.6 is 0 Å². The molecule has 1 nitrogen and oxygen atoms in total. The first-order chi connectivity index (χ1) is 6.02. The molecule has 0 spiro atoms. The van der Waals surface area contributed by atoms with Crippen molar-refractivity contribution in [2.45, 2.75) is 40.7 Å². The van der Waals surface area contributed by atoms with Crippen LogP contribution in [0.4, 0.5) is 0 Å². The number of rotatable bonds is 1. The molecule has 0 fully saturated rings. The Labute approximate surface area is 81.4 Å². The Morgan fingerprint density at radius 1 is 1.31 bits per heavy atom. The monoisotopic (exact) mass is 177 g/mol. The van der Waals surface area contributed by atoms with Crippen molar-refractivity contribution in [2.75, 3.05) is 0 Å². The Morgan fingerprint density at radius 3 is 2.38 bits per heavy atom. The van der Waals surface area contributed by atoms with Crippen LogP contribution in [0.25, 0.3) is 0 Å². The van der Waals surface area contributed by atoms with Gasteiger partial charge in [0, 0.05) is 17.9 Å². The molecule has 0 saturated heterocycles. The lowest BCUT2D eigenvalue weighted by atomic mass is 10.1. The molecule has 1 aliphatic rings. The summed E-state index contributed by atoms with van der Waals surface area (Å²) in [5.74, 6) is 0. The summed E-state index contributed by atoms with van der Waals surface area (Å²) in [4.78, 5) is 2.31. The summed E-state index contributed by atoms with van der Waals surface area (Å²) in [7, 11) is 0. The lowest BCUT2D eigenvalue weighted by molar-refractivity contribution is 0.388. The molecular weight excluding hydrogens is 158 g/mol. The van der Waals surface area contributed by atoms with Crippen LogP contribution in [0.5, 0.6) is 0 Å². The summed E-state index contributed by atoms with van der Waals surface area (Å²) < 4.78 is 0. The van der Waals surface area contributed by atoms with Gasteiger partial charge < -0.3 is 4.90 Å². The molecule has 0 aromatic rings. The highest BCUT2D eigenvalue weighted by molar-refractivity contribution is 5.36. The van der Waals surface area contributed by atoms with Crippen molar-refractivity contribution in [1.82, 2.24) is 4.90 Å². The summed E-state index contributed by atoms with van der Waals surface area (Å²) in [5, 5.41) is 0. The minimum Gasteiger partial charge on any atom is -0.346 e. The third kappa shape index (κ3) is 2.24. The Bertz CT molecular complexity index is 275. The quantitative estimate of drug-likeness (QED) is 0.593. The first-order valence-electron chi connectivity index (χ1n) is 4.84. The lowest BCUT2D eigenvalue weighted by Crippen LogP contribution is -2.26. The van der Waals surface area contributed by atoms with E-state index in [1.807, 2.05) is 0 Å². The second-order valence-electron chi connectivity index (χ2n) is 4.09. The second kappa shape index (κ2) is 3.82. The van der Waals surface area contributed by atoms with Gasteiger partial charge in [-0.05, 0) is 52.3 Å². The van der Waals surface area contributed by atoms with E-state index in [9.17, 15) is 0 Å². The van der Waals surface area contributed by atoms with Crippen molar-refractivity contribution in [2.24, 2.45) is 0 Å². The van der Waals surface area contributed by atoms with Crippen LogP contribution in [-0.4, -0.2) is 10.9 Å². The van der Waals surface area contributed by atoms with E-state index >= 15 is 0 Å². The molecule has 13 heavy (non-hydrogen) atoms. The van der Waals surface area contributed by atoms with Gasteiger partial charge in [-0.25, -0.2) is 0 Å². The normalized spacial score (nSPS) is 16.6. The van der Waals surface area contributed by atoms with Crippen molar-refractivity contribution in [3.05, 3.63) is 35.2 Å². The Morgan fingerprint density at radius 2 is 1.92 bits per heavy atom. The summed E-state index contributed by atoms with van der Waals surface area (Å²) in [6.07, 6.45) is 6.57. The fourth-order valence-corrected chi connectivity index (χ4v) is 1.47. The van der Waals surface area contributed by atoms with Crippen LogP contribution in [0.1, 0.15) is 34.6 Å². The second-order valence-corrected chi connectivity index (χ2v) is 4.09. The topological polar surface area (TPSA) is 3.24 Å². The average molecular weight is 177 g/mol. The van der Waals surface area contributed by atoms with Gasteiger partial charge in [-0.2, -0.15) is 0 Å². The van der Waals surface area contributed by atoms with E-state index in [0.29, 0.717) is 6.04 Å². The number of allylic oxidation sites excluding steroid dienone is 4. The molecule has 1 heterocycles. The zero-order valence-corrected chi connectivity index (χ0v) is 9.26. The molecule has 1 aliphatic heterocycles. The van der Waals surface area contributed by atoms with Gasteiger partial charge in [0.25, 0.3) is 0 Å².